The van der Waals surface area contributed by atoms with E-state index in [1.165, 1.54) is 0 Å². The Morgan fingerprint density at radius 3 is 2.00 bits per heavy atom. The Morgan fingerprint density at radius 2 is 1.52 bits per heavy atom. The van der Waals surface area contributed by atoms with Crippen LogP contribution in [-0.4, -0.2) is 60.4 Å². The molecule has 0 heterocycles. The van der Waals surface area contributed by atoms with Gasteiger partial charge in [0.2, 0.25) is 0 Å². The Labute approximate surface area is 139 Å². The summed E-state index contributed by atoms with van der Waals surface area (Å²) < 4.78 is 0.269. The van der Waals surface area contributed by atoms with E-state index in [4.69, 9.17) is 0 Å². The second-order valence-corrected chi connectivity index (χ2v) is 7.30. The number of unbranched alkanes of at least 4 members (excludes halogenated alkanes) is 2. The molecule has 0 amide bonds. The number of Topliss-reactive ketones (excluding diaryl/α,β-unsaturated/α-hetero) is 2. The van der Waals surface area contributed by atoms with Gasteiger partial charge in [-0.2, -0.15) is 0 Å². The average Bonchev–Trinajstić information content (AvgIpc) is 2.37. The molecule has 1 N–H and O–H groups in total. The lowest BCUT2D eigenvalue weighted by molar-refractivity contribution is -0.875. The van der Waals surface area contributed by atoms with E-state index in [-0.39, 0.29) is 23.2 Å². The van der Waals surface area contributed by atoms with Crippen LogP contribution in [0.3, 0.4) is 0 Å². The first-order chi connectivity index (χ1) is 10.5. The van der Waals surface area contributed by atoms with E-state index >= 15 is 0 Å². The van der Waals surface area contributed by atoms with Crippen molar-refractivity contribution in [3.8, 4) is 0 Å². The molecule has 134 valence electrons. The van der Waals surface area contributed by atoms with Crippen LogP contribution in [0.25, 0.3) is 0 Å². The molecule has 0 aromatic rings. The zero-order chi connectivity index (χ0) is 18.1. The van der Waals surface area contributed by atoms with Crippen molar-refractivity contribution in [2.45, 2.75) is 63.9 Å². The van der Waals surface area contributed by atoms with Crippen LogP contribution in [0.15, 0.2) is 0 Å². The molecule has 0 aliphatic carbocycles. The van der Waals surface area contributed by atoms with Gasteiger partial charge in [0.25, 0.3) is 0 Å². The van der Waals surface area contributed by atoms with Gasteiger partial charge in [0.15, 0.2) is 11.4 Å². The summed E-state index contributed by atoms with van der Waals surface area (Å²) in [4.78, 5) is 34.7. The first-order valence-electron chi connectivity index (χ1n) is 8.28. The van der Waals surface area contributed by atoms with Gasteiger partial charge in [0.1, 0.15) is 12.3 Å². The number of rotatable bonds is 13. The molecule has 0 bridgehead atoms. The Balaban J connectivity index is 4.45. The fourth-order valence-corrected chi connectivity index (χ4v) is 2.61. The fourth-order valence-electron chi connectivity index (χ4n) is 2.61. The van der Waals surface area contributed by atoms with Crippen molar-refractivity contribution in [1.29, 1.82) is 0 Å². The molecule has 0 aromatic carbocycles. The van der Waals surface area contributed by atoms with Gasteiger partial charge in [-0.3, -0.25) is 9.59 Å². The van der Waals surface area contributed by atoms with Crippen LogP contribution in [0, 0.1) is 0 Å². The van der Waals surface area contributed by atoms with Gasteiger partial charge < -0.3 is 19.5 Å². The summed E-state index contributed by atoms with van der Waals surface area (Å²) in [6.07, 6.45) is 3.30. The third-order valence-electron chi connectivity index (χ3n) is 3.61. The number of aliphatic hydroxyl groups is 1. The molecule has 0 saturated heterocycles. The van der Waals surface area contributed by atoms with Crippen molar-refractivity contribution in [1.82, 2.24) is 0 Å². The number of ketones is 2. The van der Waals surface area contributed by atoms with Crippen molar-refractivity contribution in [3.05, 3.63) is 0 Å². The number of carbonyl (C=O) groups is 3. The van der Waals surface area contributed by atoms with Gasteiger partial charge in [0.05, 0.1) is 21.1 Å². The number of carboxylic acid groups (broad SMARTS) is 1. The largest absolute Gasteiger partial charge is 0.550 e. The van der Waals surface area contributed by atoms with E-state index in [1.807, 2.05) is 6.92 Å². The highest BCUT2D eigenvalue weighted by atomic mass is 16.4. The lowest BCUT2D eigenvalue weighted by atomic mass is 9.89. The highest BCUT2D eigenvalue weighted by Crippen LogP contribution is 2.19. The maximum absolute atomic E-state index is 12.3. The molecule has 0 radical (unpaired) electrons. The average molecular weight is 329 g/mol. The molecule has 0 rings (SSSR count). The van der Waals surface area contributed by atoms with E-state index < -0.39 is 23.8 Å². The lowest BCUT2D eigenvalue weighted by Gasteiger charge is -2.34. The molecule has 23 heavy (non-hydrogen) atoms. The second-order valence-electron chi connectivity index (χ2n) is 7.30. The molecule has 1 unspecified atom stereocenters. The van der Waals surface area contributed by atoms with E-state index in [1.54, 1.807) is 21.1 Å². The van der Waals surface area contributed by atoms with Gasteiger partial charge >= 0.3 is 0 Å². The van der Waals surface area contributed by atoms with Gasteiger partial charge in [-0.05, 0) is 19.3 Å². The summed E-state index contributed by atoms with van der Waals surface area (Å²) in [6, 6.07) is 0. The summed E-state index contributed by atoms with van der Waals surface area (Å²) in [6.45, 7) is 2.03. The minimum Gasteiger partial charge on any atom is -0.550 e. The van der Waals surface area contributed by atoms with Gasteiger partial charge in [-0.15, -0.1) is 0 Å². The zero-order valence-electron chi connectivity index (χ0n) is 14.9. The summed E-state index contributed by atoms with van der Waals surface area (Å²) in [7, 11) is 5.33. The minimum absolute atomic E-state index is 0.00917. The Morgan fingerprint density at radius 1 is 1.00 bits per heavy atom. The molecule has 6 heteroatoms. The molecule has 0 spiro atoms. The maximum Gasteiger partial charge on any atom is 0.177 e. The number of carboxylic acids is 1. The van der Waals surface area contributed by atoms with Gasteiger partial charge in [-0.25, -0.2) is 0 Å². The van der Waals surface area contributed by atoms with Crippen LogP contribution >= 0.6 is 0 Å². The monoisotopic (exact) mass is 329 g/mol. The predicted molar refractivity (Wildman–Crippen MR) is 85.5 cm³/mol. The third kappa shape index (κ3) is 10.2. The number of quaternary nitrogens is 1. The SMILES string of the molecule is CCCCC(=O)CCCCC(=O)C(O)(CC(=O)[O-])C[N+](C)(C)C. The highest BCUT2D eigenvalue weighted by Gasteiger charge is 2.40. The van der Waals surface area contributed by atoms with E-state index in [0.717, 1.165) is 12.8 Å². The van der Waals surface area contributed by atoms with Crippen molar-refractivity contribution >= 4 is 17.5 Å². The van der Waals surface area contributed by atoms with Crippen molar-refractivity contribution in [3.63, 3.8) is 0 Å². The summed E-state index contributed by atoms with van der Waals surface area (Å²) >= 11 is 0. The van der Waals surface area contributed by atoms with Crippen LogP contribution in [0.5, 0.6) is 0 Å². The lowest BCUT2D eigenvalue weighted by Crippen LogP contribution is -2.56. The number of aliphatic carboxylic acids is 1. The summed E-state index contributed by atoms with van der Waals surface area (Å²) in [5.41, 5.74) is -1.91. The zero-order valence-corrected chi connectivity index (χ0v) is 14.9. The molecular formula is C17H31NO5. The first kappa shape index (κ1) is 21.7. The summed E-state index contributed by atoms with van der Waals surface area (Å²) in [5, 5.41) is 21.3. The van der Waals surface area contributed by atoms with Crippen LogP contribution in [0.4, 0.5) is 0 Å². The molecule has 0 aliphatic heterocycles. The van der Waals surface area contributed by atoms with Gasteiger partial charge in [-0.1, -0.05) is 13.3 Å². The standard InChI is InChI=1S/C17H31NO5/c1-5-6-9-14(19)10-7-8-11-15(20)17(23,12-16(21)22)13-18(2,3)4/h23H,5-13H2,1-4H3. The molecule has 0 aromatic heterocycles. The van der Waals surface area contributed by atoms with E-state index in [2.05, 4.69) is 0 Å². The van der Waals surface area contributed by atoms with Gasteiger partial charge in [0, 0.05) is 31.7 Å². The number of carbonyl (C=O) groups excluding carboxylic acids is 3. The number of nitrogens with zero attached hydrogens (tertiary/aromatic N) is 1. The number of likely N-dealkylation sites (N-methyl/N-ethyl adjacent to an activating group) is 1. The van der Waals surface area contributed by atoms with E-state index in [0.29, 0.717) is 25.7 Å². The first-order valence-corrected chi connectivity index (χ1v) is 8.28. The fraction of sp³-hybridized carbons (Fsp3) is 0.824. The molecule has 6 nitrogen and oxygen atoms in total. The van der Waals surface area contributed by atoms with Crippen molar-refractivity contribution in [2.75, 3.05) is 27.7 Å². The van der Waals surface area contributed by atoms with Crippen LogP contribution in [-0.2, 0) is 14.4 Å². The predicted octanol–water partition coefficient (Wildman–Crippen LogP) is 0.453. The molecular weight excluding hydrogens is 298 g/mol. The topological polar surface area (TPSA) is 94.5 Å². The number of hydrogen-bond acceptors (Lipinski definition) is 5. The quantitative estimate of drug-likeness (QED) is 0.391. The Hall–Kier alpha value is -1.27. The van der Waals surface area contributed by atoms with Crippen LogP contribution in [0.2, 0.25) is 0 Å². The Bertz CT molecular complexity index is 414. The van der Waals surface area contributed by atoms with Crippen molar-refractivity contribution < 1.29 is 29.1 Å². The third-order valence-corrected chi connectivity index (χ3v) is 3.61. The van der Waals surface area contributed by atoms with Crippen molar-refractivity contribution in [2.24, 2.45) is 0 Å². The van der Waals surface area contributed by atoms with E-state index in [9.17, 15) is 24.6 Å². The summed E-state index contributed by atoms with van der Waals surface area (Å²) in [5.74, 6) is -1.74. The van der Waals surface area contributed by atoms with Crippen LogP contribution < -0.4 is 5.11 Å². The Kier molecular flexibility index (Phi) is 9.24. The second kappa shape index (κ2) is 9.78. The van der Waals surface area contributed by atoms with Crippen LogP contribution in [0.1, 0.15) is 58.3 Å². The maximum atomic E-state index is 12.3. The minimum atomic E-state index is -1.91. The molecule has 0 aliphatic rings. The molecule has 1 atom stereocenters. The molecule has 0 saturated carbocycles. The normalized spacial score (nSPS) is 14.3. The number of hydrogen-bond donors (Lipinski definition) is 1. The highest BCUT2D eigenvalue weighted by molar-refractivity contribution is 5.90. The molecule has 0 fully saturated rings. The smallest absolute Gasteiger partial charge is 0.177 e.